The summed E-state index contributed by atoms with van der Waals surface area (Å²) in [7, 11) is -3.70. The molecule has 9 heteroatoms. The van der Waals surface area contributed by atoms with Crippen molar-refractivity contribution in [3.63, 3.8) is 0 Å². The third kappa shape index (κ3) is 4.78. The predicted octanol–water partition coefficient (Wildman–Crippen LogP) is 4.50. The number of anilines is 1. The number of aryl methyl sites for hydroxylation is 1. The van der Waals surface area contributed by atoms with Crippen molar-refractivity contribution in [2.45, 2.75) is 6.92 Å². The minimum atomic E-state index is -3.70. The van der Waals surface area contributed by atoms with Crippen LogP contribution in [0.15, 0.2) is 51.8 Å². The van der Waals surface area contributed by atoms with Crippen LogP contribution in [0.4, 0.5) is 5.69 Å². The summed E-state index contributed by atoms with van der Waals surface area (Å²) >= 11 is 9.87. The molecule has 0 N–H and O–H groups in total. The third-order valence-corrected chi connectivity index (χ3v) is 5.86. The maximum atomic E-state index is 12.9. The second-order valence-corrected chi connectivity index (χ2v) is 9.99. The molecule has 2 aromatic rings. The molecule has 0 aromatic heterocycles. The van der Waals surface area contributed by atoms with Gasteiger partial charge in [0.15, 0.2) is 4.32 Å². The van der Waals surface area contributed by atoms with Crippen molar-refractivity contribution in [3.8, 4) is 5.75 Å². The normalized spacial score (nSPS) is 16.3. The Morgan fingerprint density at radius 3 is 2.48 bits per heavy atom. The zero-order chi connectivity index (χ0) is 19.8. The Morgan fingerprint density at radius 1 is 1.19 bits per heavy atom. The lowest BCUT2D eigenvalue weighted by molar-refractivity contribution is -0.113. The lowest BCUT2D eigenvalue weighted by atomic mass is 10.2. The second kappa shape index (κ2) is 7.75. The quantitative estimate of drug-likeness (QED) is 0.362. The number of thioether (sulfide) groups is 1. The lowest BCUT2D eigenvalue weighted by Gasteiger charge is -2.14. The average Bonchev–Trinajstić information content (AvgIpc) is 2.84. The van der Waals surface area contributed by atoms with Crippen molar-refractivity contribution in [1.82, 2.24) is 0 Å². The standard InChI is InChI=1S/C18H14BrNO4S3/c1-11-3-6-14(7-4-11)20-17(21)16(26-18(20)25)10-12-9-13(19)5-8-15(12)24-27(2,22)23/h3-10H,1-2H3/b16-10-. The van der Waals surface area contributed by atoms with Gasteiger partial charge in [0.1, 0.15) is 5.75 Å². The van der Waals surface area contributed by atoms with Crippen molar-refractivity contribution < 1.29 is 17.4 Å². The Labute approximate surface area is 175 Å². The van der Waals surface area contributed by atoms with E-state index in [0.717, 1.165) is 28.1 Å². The number of hydrogen-bond donors (Lipinski definition) is 0. The summed E-state index contributed by atoms with van der Waals surface area (Å²) in [6.45, 7) is 1.96. The fraction of sp³-hybridized carbons (Fsp3) is 0.111. The van der Waals surface area contributed by atoms with E-state index in [2.05, 4.69) is 15.9 Å². The number of benzene rings is 2. The van der Waals surface area contributed by atoms with E-state index >= 15 is 0 Å². The van der Waals surface area contributed by atoms with E-state index in [4.69, 9.17) is 16.4 Å². The Kier molecular flexibility index (Phi) is 5.76. The fourth-order valence-electron chi connectivity index (χ4n) is 2.40. The second-order valence-electron chi connectivity index (χ2n) is 5.82. The molecule has 0 unspecified atom stereocenters. The Balaban J connectivity index is 1.99. The molecular weight excluding hydrogens is 470 g/mol. The van der Waals surface area contributed by atoms with E-state index in [1.807, 2.05) is 31.2 Å². The molecule has 1 aliphatic rings. The van der Waals surface area contributed by atoms with Gasteiger partial charge in [0, 0.05) is 10.0 Å². The van der Waals surface area contributed by atoms with Gasteiger partial charge >= 0.3 is 10.1 Å². The number of halogens is 1. The molecule has 3 rings (SSSR count). The van der Waals surface area contributed by atoms with Gasteiger partial charge in [0.25, 0.3) is 5.91 Å². The Bertz CT molecular complexity index is 1060. The maximum absolute atomic E-state index is 12.9. The number of carbonyl (C=O) groups is 1. The number of hydrogen-bond acceptors (Lipinski definition) is 6. The van der Waals surface area contributed by atoms with Crippen LogP contribution in [0.5, 0.6) is 5.75 Å². The topological polar surface area (TPSA) is 63.7 Å². The molecule has 5 nitrogen and oxygen atoms in total. The van der Waals surface area contributed by atoms with Crippen LogP contribution in [0.1, 0.15) is 11.1 Å². The van der Waals surface area contributed by atoms with Crippen LogP contribution in [-0.4, -0.2) is 24.9 Å². The molecule has 1 fully saturated rings. The van der Waals surface area contributed by atoms with E-state index in [1.54, 1.807) is 18.2 Å². The number of amides is 1. The van der Waals surface area contributed by atoms with Gasteiger partial charge < -0.3 is 4.18 Å². The zero-order valence-corrected chi connectivity index (χ0v) is 18.3. The first-order valence-corrected chi connectivity index (χ1v) is 11.5. The molecule has 2 aromatic carbocycles. The summed E-state index contributed by atoms with van der Waals surface area (Å²) < 4.78 is 29.2. The van der Waals surface area contributed by atoms with Gasteiger partial charge in [-0.2, -0.15) is 8.42 Å². The van der Waals surface area contributed by atoms with Crippen LogP contribution < -0.4 is 9.08 Å². The fourth-order valence-corrected chi connectivity index (χ4v) is 4.54. The van der Waals surface area contributed by atoms with Crippen LogP contribution in [0, 0.1) is 6.92 Å². The molecule has 1 saturated heterocycles. The predicted molar refractivity (Wildman–Crippen MR) is 116 cm³/mol. The van der Waals surface area contributed by atoms with Gasteiger partial charge in [-0.3, -0.25) is 9.69 Å². The molecule has 0 bridgehead atoms. The summed E-state index contributed by atoms with van der Waals surface area (Å²) in [5.74, 6) is -0.125. The first-order chi connectivity index (χ1) is 12.6. The van der Waals surface area contributed by atoms with Crippen molar-refractivity contribution in [1.29, 1.82) is 0 Å². The van der Waals surface area contributed by atoms with E-state index in [-0.39, 0.29) is 11.7 Å². The van der Waals surface area contributed by atoms with Crippen molar-refractivity contribution in [2.75, 3.05) is 11.2 Å². The smallest absolute Gasteiger partial charge is 0.306 e. The molecule has 1 aliphatic heterocycles. The maximum Gasteiger partial charge on any atom is 0.306 e. The third-order valence-electron chi connectivity index (χ3n) is 3.59. The number of carbonyl (C=O) groups excluding carboxylic acids is 1. The highest BCUT2D eigenvalue weighted by molar-refractivity contribution is 9.10. The summed E-state index contributed by atoms with van der Waals surface area (Å²) in [5, 5.41) is 0. The van der Waals surface area contributed by atoms with E-state index in [0.29, 0.717) is 20.5 Å². The largest absolute Gasteiger partial charge is 0.382 e. The summed E-state index contributed by atoms with van der Waals surface area (Å²) in [6.07, 6.45) is 2.55. The van der Waals surface area contributed by atoms with Crippen LogP contribution in [0.2, 0.25) is 0 Å². The molecule has 0 saturated carbocycles. The first-order valence-electron chi connectivity index (χ1n) is 7.68. The first kappa shape index (κ1) is 20.1. The van der Waals surface area contributed by atoms with Gasteiger partial charge in [-0.25, -0.2) is 0 Å². The molecule has 140 valence electrons. The average molecular weight is 484 g/mol. The minimum Gasteiger partial charge on any atom is -0.382 e. The number of nitrogens with zero attached hydrogens (tertiary/aromatic N) is 1. The highest BCUT2D eigenvalue weighted by atomic mass is 79.9. The Hall–Kier alpha value is -1.68. The monoisotopic (exact) mass is 483 g/mol. The summed E-state index contributed by atoms with van der Waals surface area (Å²) in [4.78, 5) is 14.7. The molecule has 0 radical (unpaired) electrons. The molecular formula is C18H14BrNO4S3. The van der Waals surface area contributed by atoms with Gasteiger partial charge in [-0.05, 0) is 43.3 Å². The SMILES string of the molecule is Cc1ccc(N2C(=O)/C(=C/c3cc(Br)ccc3OS(C)(=O)=O)SC2=S)cc1. The minimum absolute atomic E-state index is 0.140. The van der Waals surface area contributed by atoms with Crippen LogP contribution >= 0.6 is 39.9 Å². The van der Waals surface area contributed by atoms with Gasteiger partial charge in [0.2, 0.25) is 0 Å². The van der Waals surface area contributed by atoms with Crippen LogP contribution in [-0.2, 0) is 14.9 Å². The van der Waals surface area contributed by atoms with E-state index in [1.165, 1.54) is 11.0 Å². The molecule has 27 heavy (non-hydrogen) atoms. The van der Waals surface area contributed by atoms with Crippen LogP contribution in [0.25, 0.3) is 6.08 Å². The molecule has 0 aliphatic carbocycles. The molecule has 1 amide bonds. The van der Waals surface area contributed by atoms with Crippen molar-refractivity contribution in [2.24, 2.45) is 0 Å². The lowest BCUT2D eigenvalue weighted by Crippen LogP contribution is -2.27. The van der Waals surface area contributed by atoms with Crippen molar-refractivity contribution >= 4 is 72.0 Å². The highest BCUT2D eigenvalue weighted by Gasteiger charge is 2.33. The van der Waals surface area contributed by atoms with E-state index in [9.17, 15) is 13.2 Å². The van der Waals surface area contributed by atoms with E-state index < -0.39 is 10.1 Å². The highest BCUT2D eigenvalue weighted by Crippen LogP contribution is 2.37. The van der Waals surface area contributed by atoms with Crippen molar-refractivity contribution in [3.05, 3.63) is 63.0 Å². The van der Waals surface area contributed by atoms with Gasteiger partial charge in [0.05, 0.1) is 16.8 Å². The van der Waals surface area contributed by atoms with Gasteiger partial charge in [-0.1, -0.05) is 57.6 Å². The molecule has 0 atom stereocenters. The number of thiocarbonyl (C=S) groups is 1. The summed E-state index contributed by atoms with van der Waals surface area (Å²) in [6, 6.07) is 12.3. The Morgan fingerprint density at radius 2 is 1.85 bits per heavy atom. The molecule has 1 heterocycles. The van der Waals surface area contributed by atoms with Crippen LogP contribution in [0.3, 0.4) is 0 Å². The van der Waals surface area contributed by atoms with Gasteiger partial charge in [-0.15, -0.1) is 0 Å². The summed E-state index contributed by atoms with van der Waals surface area (Å²) in [5.41, 5.74) is 2.23. The molecule has 0 spiro atoms. The number of rotatable bonds is 4. The zero-order valence-electron chi connectivity index (χ0n) is 14.3.